The van der Waals surface area contributed by atoms with Gasteiger partial charge in [0.25, 0.3) is 0 Å². The van der Waals surface area contributed by atoms with Crippen molar-refractivity contribution in [3.63, 3.8) is 0 Å². The number of likely N-dealkylation sites (tertiary alicyclic amines) is 1. The molecule has 1 fully saturated rings. The van der Waals surface area contributed by atoms with Crippen molar-refractivity contribution in [3.05, 3.63) is 35.9 Å². The van der Waals surface area contributed by atoms with Crippen LogP contribution in [-0.2, 0) is 20.9 Å². The third-order valence-electron chi connectivity index (χ3n) is 3.85. The predicted molar refractivity (Wildman–Crippen MR) is 81.2 cm³/mol. The summed E-state index contributed by atoms with van der Waals surface area (Å²) < 4.78 is 5.29. The first kappa shape index (κ1) is 16.2. The first-order chi connectivity index (χ1) is 10.6. The number of ketones is 2. The first-order valence-electron chi connectivity index (χ1n) is 7.56. The molecular weight excluding hydrogens is 282 g/mol. The van der Waals surface area contributed by atoms with Crippen molar-refractivity contribution < 1.29 is 19.1 Å². The maximum Gasteiger partial charge on any atom is 0.410 e. The summed E-state index contributed by atoms with van der Waals surface area (Å²) in [5.74, 6) is -0.981. The molecule has 5 heteroatoms. The second kappa shape index (κ2) is 7.73. The van der Waals surface area contributed by atoms with E-state index in [9.17, 15) is 14.4 Å². The van der Waals surface area contributed by atoms with Crippen LogP contribution in [0.15, 0.2) is 30.3 Å². The van der Waals surface area contributed by atoms with Gasteiger partial charge in [-0.15, -0.1) is 0 Å². The van der Waals surface area contributed by atoms with E-state index in [0.29, 0.717) is 19.4 Å². The molecule has 1 saturated heterocycles. The van der Waals surface area contributed by atoms with E-state index in [1.165, 1.54) is 11.8 Å². The van der Waals surface area contributed by atoms with Crippen LogP contribution in [0.1, 0.15) is 31.7 Å². The van der Waals surface area contributed by atoms with Gasteiger partial charge in [-0.25, -0.2) is 4.79 Å². The Morgan fingerprint density at radius 2 is 1.95 bits per heavy atom. The molecule has 0 spiro atoms. The molecule has 1 aliphatic rings. The molecule has 1 aromatic rings. The number of Topliss-reactive ketones (excluding diaryl/α,β-unsaturated/α-hetero) is 2. The molecule has 0 aliphatic carbocycles. The standard InChI is InChI=1S/C17H21NO4/c1-13(19)15-11-18(10-6-5-9-16(15)20)17(21)22-12-14-7-3-2-4-8-14/h2-4,7-8,15H,5-6,9-12H2,1H3. The topological polar surface area (TPSA) is 63.7 Å². The molecule has 118 valence electrons. The van der Waals surface area contributed by atoms with E-state index in [1.54, 1.807) is 0 Å². The number of hydrogen-bond donors (Lipinski definition) is 0. The summed E-state index contributed by atoms with van der Waals surface area (Å²) in [5, 5.41) is 0. The predicted octanol–water partition coefficient (Wildman–Crippen LogP) is 2.58. The first-order valence-corrected chi connectivity index (χ1v) is 7.56. The minimum Gasteiger partial charge on any atom is -0.445 e. The van der Waals surface area contributed by atoms with Gasteiger partial charge in [0.15, 0.2) is 0 Å². The van der Waals surface area contributed by atoms with Crippen LogP contribution in [-0.4, -0.2) is 35.6 Å². The molecule has 1 aliphatic heterocycles. The van der Waals surface area contributed by atoms with Crippen LogP contribution in [0.25, 0.3) is 0 Å². The molecule has 22 heavy (non-hydrogen) atoms. The highest BCUT2D eigenvalue weighted by molar-refractivity contribution is 6.01. The van der Waals surface area contributed by atoms with E-state index < -0.39 is 12.0 Å². The maximum atomic E-state index is 12.2. The van der Waals surface area contributed by atoms with Crippen LogP contribution in [0.2, 0.25) is 0 Å². The Balaban J connectivity index is 1.97. The van der Waals surface area contributed by atoms with E-state index in [-0.39, 0.29) is 24.7 Å². The Labute approximate surface area is 130 Å². The number of rotatable bonds is 3. The SMILES string of the molecule is CC(=O)C1CN(C(=O)OCc2ccccc2)CCCCC1=O. The van der Waals surface area contributed by atoms with Gasteiger partial charge in [-0.1, -0.05) is 30.3 Å². The number of carbonyl (C=O) groups is 3. The lowest BCUT2D eigenvalue weighted by molar-refractivity contribution is -0.132. The van der Waals surface area contributed by atoms with Crippen LogP contribution in [0.4, 0.5) is 4.79 Å². The fourth-order valence-corrected chi connectivity index (χ4v) is 2.52. The normalized spacial score (nSPS) is 19.2. The second-order valence-corrected chi connectivity index (χ2v) is 5.57. The van der Waals surface area contributed by atoms with Crippen LogP contribution in [0.3, 0.4) is 0 Å². The summed E-state index contributed by atoms with van der Waals surface area (Å²) in [5.41, 5.74) is 0.905. The average molecular weight is 303 g/mol. The number of amides is 1. The molecule has 0 saturated carbocycles. The minimum absolute atomic E-state index is 0.0759. The summed E-state index contributed by atoms with van der Waals surface area (Å²) in [7, 11) is 0. The zero-order chi connectivity index (χ0) is 15.9. The molecule has 2 rings (SSSR count). The fourth-order valence-electron chi connectivity index (χ4n) is 2.52. The average Bonchev–Trinajstić information content (AvgIpc) is 2.50. The lowest BCUT2D eigenvalue weighted by Crippen LogP contribution is -2.42. The Morgan fingerprint density at radius 1 is 1.23 bits per heavy atom. The third kappa shape index (κ3) is 4.41. The van der Waals surface area contributed by atoms with Crippen LogP contribution >= 0.6 is 0 Å². The number of carbonyl (C=O) groups excluding carboxylic acids is 3. The van der Waals surface area contributed by atoms with E-state index >= 15 is 0 Å². The smallest absolute Gasteiger partial charge is 0.410 e. The van der Waals surface area contributed by atoms with Gasteiger partial charge in [0.05, 0.1) is 5.92 Å². The Kier molecular flexibility index (Phi) is 5.69. The molecule has 1 amide bonds. The Hall–Kier alpha value is -2.17. The molecule has 1 unspecified atom stereocenters. The van der Waals surface area contributed by atoms with Gasteiger partial charge >= 0.3 is 6.09 Å². The van der Waals surface area contributed by atoms with Gasteiger partial charge in [-0.05, 0) is 25.3 Å². The second-order valence-electron chi connectivity index (χ2n) is 5.57. The van der Waals surface area contributed by atoms with Gasteiger partial charge in [-0.2, -0.15) is 0 Å². The van der Waals surface area contributed by atoms with E-state index in [4.69, 9.17) is 4.74 Å². The van der Waals surface area contributed by atoms with Gasteiger partial charge in [0, 0.05) is 19.5 Å². The van der Waals surface area contributed by atoms with Crippen LogP contribution < -0.4 is 0 Å². The highest BCUT2D eigenvalue weighted by atomic mass is 16.6. The highest BCUT2D eigenvalue weighted by Gasteiger charge is 2.29. The molecule has 0 radical (unpaired) electrons. The summed E-state index contributed by atoms with van der Waals surface area (Å²) in [6, 6.07) is 9.41. The monoisotopic (exact) mass is 303 g/mol. The molecule has 1 heterocycles. The molecule has 1 atom stereocenters. The molecule has 0 bridgehead atoms. The summed E-state index contributed by atoms with van der Waals surface area (Å²) in [6.07, 6.45) is 1.39. The maximum absolute atomic E-state index is 12.2. The Bertz CT molecular complexity index is 541. The van der Waals surface area contributed by atoms with Gasteiger partial charge in [-0.3, -0.25) is 9.59 Å². The van der Waals surface area contributed by atoms with E-state index in [2.05, 4.69) is 0 Å². The Morgan fingerprint density at radius 3 is 2.64 bits per heavy atom. The summed E-state index contributed by atoms with van der Waals surface area (Å²) in [6.45, 7) is 2.24. The van der Waals surface area contributed by atoms with Gasteiger partial charge in [0.1, 0.15) is 18.2 Å². The number of benzene rings is 1. The van der Waals surface area contributed by atoms with Crippen LogP contribution in [0.5, 0.6) is 0 Å². The number of hydrogen-bond acceptors (Lipinski definition) is 4. The molecule has 0 aromatic heterocycles. The van der Waals surface area contributed by atoms with Crippen molar-refractivity contribution >= 4 is 17.7 Å². The minimum atomic E-state index is -0.718. The number of ether oxygens (including phenoxy) is 1. The highest BCUT2D eigenvalue weighted by Crippen LogP contribution is 2.16. The molecule has 5 nitrogen and oxygen atoms in total. The molecule has 0 N–H and O–H groups in total. The van der Waals surface area contributed by atoms with Crippen LogP contribution in [0, 0.1) is 5.92 Å². The third-order valence-corrected chi connectivity index (χ3v) is 3.85. The summed E-state index contributed by atoms with van der Waals surface area (Å²) in [4.78, 5) is 37.2. The quantitative estimate of drug-likeness (QED) is 0.805. The van der Waals surface area contributed by atoms with E-state index in [1.807, 2.05) is 30.3 Å². The van der Waals surface area contributed by atoms with Gasteiger partial charge in [0.2, 0.25) is 0 Å². The zero-order valence-corrected chi connectivity index (χ0v) is 12.8. The van der Waals surface area contributed by atoms with Crippen molar-refractivity contribution in [1.29, 1.82) is 0 Å². The van der Waals surface area contributed by atoms with Gasteiger partial charge < -0.3 is 9.64 Å². The lowest BCUT2D eigenvalue weighted by Gasteiger charge is -2.27. The van der Waals surface area contributed by atoms with Crippen molar-refractivity contribution in [2.75, 3.05) is 13.1 Å². The van der Waals surface area contributed by atoms with E-state index in [0.717, 1.165) is 12.0 Å². The molecular formula is C17H21NO4. The fraction of sp³-hybridized carbons (Fsp3) is 0.471. The summed E-state index contributed by atoms with van der Waals surface area (Å²) >= 11 is 0. The zero-order valence-electron chi connectivity index (χ0n) is 12.8. The lowest BCUT2D eigenvalue weighted by atomic mass is 9.93. The van der Waals surface area contributed by atoms with Crippen molar-refractivity contribution in [2.24, 2.45) is 5.92 Å². The molecule has 1 aromatic carbocycles. The van der Waals surface area contributed by atoms with Crippen molar-refractivity contribution in [1.82, 2.24) is 4.90 Å². The van der Waals surface area contributed by atoms with Crippen molar-refractivity contribution in [3.8, 4) is 0 Å². The number of nitrogens with zero attached hydrogens (tertiary/aromatic N) is 1. The van der Waals surface area contributed by atoms with Crippen molar-refractivity contribution in [2.45, 2.75) is 32.8 Å². The largest absolute Gasteiger partial charge is 0.445 e.